The van der Waals surface area contributed by atoms with Crippen molar-refractivity contribution in [2.45, 2.75) is 38.6 Å². The van der Waals surface area contributed by atoms with Gasteiger partial charge in [0.25, 0.3) is 0 Å². The van der Waals surface area contributed by atoms with Gasteiger partial charge in [-0.05, 0) is 38.8 Å². The van der Waals surface area contributed by atoms with Crippen molar-refractivity contribution in [2.24, 2.45) is 0 Å². The van der Waals surface area contributed by atoms with Crippen molar-refractivity contribution in [3.8, 4) is 5.75 Å². The van der Waals surface area contributed by atoms with Crippen LogP contribution in [0.2, 0.25) is 5.02 Å². The summed E-state index contributed by atoms with van der Waals surface area (Å²) in [5.74, 6) is 0.824. The molecule has 118 valence electrons. The third-order valence-corrected chi connectivity index (χ3v) is 4.55. The van der Waals surface area contributed by atoms with Crippen LogP contribution in [0.5, 0.6) is 5.75 Å². The molecule has 1 saturated heterocycles. The van der Waals surface area contributed by atoms with Gasteiger partial charge in [-0.25, -0.2) is 4.39 Å². The predicted octanol–water partition coefficient (Wildman–Crippen LogP) is 4.47. The van der Waals surface area contributed by atoms with Crippen LogP contribution >= 0.6 is 23.2 Å². The van der Waals surface area contributed by atoms with Crippen LogP contribution in [0.3, 0.4) is 0 Å². The topological polar surface area (TPSA) is 12.5 Å². The first-order valence-electron chi connectivity index (χ1n) is 7.15. The highest BCUT2D eigenvalue weighted by Crippen LogP contribution is 2.42. The fourth-order valence-corrected chi connectivity index (χ4v) is 3.22. The molecule has 1 aliphatic heterocycles. The molecule has 0 saturated carbocycles. The number of halogens is 3. The lowest BCUT2D eigenvalue weighted by Gasteiger charge is -2.48. The Labute approximate surface area is 136 Å². The van der Waals surface area contributed by atoms with Gasteiger partial charge in [-0.3, -0.25) is 4.90 Å². The minimum Gasteiger partial charge on any atom is -0.496 e. The van der Waals surface area contributed by atoms with E-state index in [1.54, 1.807) is 13.2 Å². The molecule has 0 radical (unpaired) electrons. The van der Waals surface area contributed by atoms with Gasteiger partial charge in [-0.2, -0.15) is 0 Å². The molecule has 2 rings (SSSR count). The Morgan fingerprint density at radius 1 is 1.38 bits per heavy atom. The first kappa shape index (κ1) is 16.9. The van der Waals surface area contributed by atoms with Crippen LogP contribution in [-0.2, 0) is 6.42 Å². The lowest BCUT2D eigenvalue weighted by molar-refractivity contribution is 0.0449. The van der Waals surface area contributed by atoms with Crippen LogP contribution in [-0.4, -0.2) is 36.5 Å². The smallest absolute Gasteiger partial charge is 0.149 e. The fraction of sp³-hybridized carbons (Fsp3) is 0.625. The van der Waals surface area contributed by atoms with E-state index in [0.29, 0.717) is 23.6 Å². The Morgan fingerprint density at radius 3 is 2.48 bits per heavy atom. The van der Waals surface area contributed by atoms with Gasteiger partial charge < -0.3 is 4.74 Å². The third-order valence-electron chi connectivity index (χ3n) is 4.09. The monoisotopic (exact) mass is 333 g/mol. The number of benzene rings is 1. The van der Waals surface area contributed by atoms with Crippen LogP contribution < -0.4 is 4.74 Å². The van der Waals surface area contributed by atoms with Crippen LogP contribution in [0.15, 0.2) is 6.07 Å². The molecule has 1 aromatic carbocycles. The number of rotatable bonds is 4. The Hall–Kier alpha value is -0.510. The number of ether oxygens (including phenoxy) is 1. The third kappa shape index (κ3) is 3.30. The fourth-order valence-electron chi connectivity index (χ4n) is 2.79. The number of aryl methyl sites for hydroxylation is 1. The van der Waals surface area contributed by atoms with E-state index in [4.69, 9.17) is 27.9 Å². The summed E-state index contributed by atoms with van der Waals surface area (Å²) < 4.78 is 20.0. The summed E-state index contributed by atoms with van der Waals surface area (Å²) in [4.78, 5) is 2.32. The van der Waals surface area contributed by atoms with Crippen molar-refractivity contribution in [3.63, 3.8) is 0 Å². The highest BCUT2D eigenvalue weighted by Gasteiger charge is 2.38. The number of likely N-dealkylation sites (tertiary alicyclic amines) is 1. The Morgan fingerprint density at radius 2 is 2.00 bits per heavy atom. The van der Waals surface area contributed by atoms with E-state index in [2.05, 4.69) is 25.7 Å². The lowest BCUT2D eigenvalue weighted by atomic mass is 9.85. The summed E-state index contributed by atoms with van der Waals surface area (Å²) in [5, 5.41) is 0.153. The molecule has 1 heterocycles. The molecule has 5 heteroatoms. The second-order valence-corrected chi connectivity index (χ2v) is 7.28. The van der Waals surface area contributed by atoms with E-state index in [1.807, 2.05) is 0 Å². The normalized spacial score (nSPS) is 16.9. The Bertz CT molecular complexity index is 522. The van der Waals surface area contributed by atoms with E-state index in [9.17, 15) is 4.39 Å². The van der Waals surface area contributed by atoms with Crippen molar-refractivity contribution in [1.82, 2.24) is 4.90 Å². The predicted molar refractivity (Wildman–Crippen MR) is 86.5 cm³/mol. The van der Waals surface area contributed by atoms with Gasteiger partial charge in [0, 0.05) is 36.0 Å². The molecular weight excluding hydrogens is 312 g/mol. The highest BCUT2D eigenvalue weighted by molar-refractivity contribution is 6.31. The van der Waals surface area contributed by atoms with Crippen molar-refractivity contribution >= 4 is 23.2 Å². The highest BCUT2D eigenvalue weighted by atomic mass is 35.5. The average molecular weight is 334 g/mol. The summed E-state index contributed by atoms with van der Waals surface area (Å²) in [5.41, 5.74) is 1.58. The molecule has 0 unspecified atom stereocenters. The molecule has 1 aliphatic rings. The maximum atomic E-state index is 14.5. The van der Waals surface area contributed by atoms with E-state index >= 15 is 0 Å². The summed E-state index contributed by atoms with van der Waals surface area (Å²) in [7, 11) is 1.57. The SMILES string of the molecule is COc1c(CCCl)cc(Cl)c(F)c1C1CN(C(C)(C)C)C1. The van der Waals surface area contributed by atoms with Crippen molar-refractivity contribution < 1.29 is 9.13 Å². The molecule has 0 atom stereocenters. The summed E-state index contributed by atoms with van der Waals surface area (Å²) in [6.07, 6.45) is 0.618. The van der Waals surface area contributed by atoms with Crippen molar-refractivity contribution in [1.29, 1.82) is 0 Å². The van der Waals surface area contributed by atoms with Crippen LogP contribution in [0.25, 0.3) is 0 Å². The average Bonchev–Trinajstić information content (AvgIpc) is 2.32. The number of methoxy groups -OCH3 is 1. The van der Waals surface area contributed by atoms with Gasteiger partial charge in [0.1, 0.15) is 11.6 Å². The second kappa shape index (κ2) is 6.31. The van der Waals surface area contributed by atoms with Gasteiger partial charge in [-0.1, -0.05) is 11.6 Å². The maximum absolute atomic E-state index is 14.5. The maximum Gasteiger partial charge on any atom is 0.149 e. The van der Waals surface area contributed by atoms with Crippen LogP contribution in [0, 0.1) is 5.82 Å². The molecule has 0 aliphatic carbocycles. The molecule has 21 heavy (non-hydrogen) atoms. The number of alkyl halides is 1. The number of hydrogen-bond donors (Lipinski definition) is 0. The molecule has 0 bridgehead atoms. The first-order valence-corrected chi connectivity index (χ1v) is 8.06. The van der Waals surface area contributed by atoms with Crippen LogP contribution in [0.1, 0.15) is 37.8 Å². The molecular formula is C16H22Cl2FNO. The zero-order valence-electron chi connectivity index (χ0n) is 13.0. The molecule has 0 amide bonds. The van der Waals surface area contributed by atoms with E-state index in [-0.39, 0.29) is 22.3 Å². The van der Waals surface area contributed by atoms with E-state index < -0.39 is 0 Å². The zero-order valence-corrected chi connectivity index (χ0v) is 14.5. The second-order valence-electron chi connectivity index (χ2n) is 6.49. The first-order chi connectivity index (χ1) is 9.79. The minimum absolute atomic E-state index is 0.0950. The van der Waals surface area contributed by atoms with E-state index in [0.717, 1.165) is 18.7 Å². The molecule has 0 N–H and O–H groups in total. The summed E-state index contributed by atoms with van der Waals surface area (Å²) in [6, 6.07) is 1.63. The molecule has 0 aromatic heterocycles. The molecule has 1 aromatic rings. The van der Waals surface area contributed by atoms with Gasteiger partial charge in [-0.15, -0.1) is 11.6 Å². The van der Waals surface area contributed by atoms with Gasteiger partial charge >= 0.3 is 0 Å². The minimum atomic E-state index is -0.356. The molecule has 1 fully saturated rings. The summed E-state index contributed by atoms with van der Waals surface area (Å²) >= 11 is 11.9. The largest absolute Gasteiger partial charge is 0.496 e. The quantitative estimate of drug-likeness (QED) is 0.754. The summed E-state index contributed by atoms with van der Waals surface area (Å²) in [6.45, 7) is 8.12. The van der Waals surface area contributed by atoms with E-state index in [1.165, 1.54) is 0 Å². The van der Waals surface area contributed by atoms with Gasteiger partial charge in [0.15, 0.2) is 0 Å². The zero-order chi connectivity index (χ0) is 15.8. The van der Waals surface area contributed by atoms with Crippen LogP contribution in [0.4, 0.5) is 4.39 Å². The van der Waals surface area contributed by atoms with Crippen molar-refractivity contribution in [3.05, 3.63) is 28.0 Å². The molecule has 0 spiro atoms. The van der Waals surface area contributed by atoms with Gasteiger partial charge in [0.05, 0.1) is 12.1 Å². The van der Waals surface area contributed by atoms with Crippen molar-refractivity contribution in [2.75, 3.05) is 26.1 Å². The Balaban J connectivity index is 2.35. The Kier molecular flexibility index (Phi) is 5.07. The number of nitrogens with zero attached hydrogens (tertiary/aromatic N) is 1. The number of hydrogen-bond acceptors (Lipinski definition) is 2. The lowest BCUT2D eigenvalue weighted by Crippen LogP contribution is -2.54. The standard InChI is InChI=1S/C16H22Cl2FNO/c1-16(2,3)20-8-11(9-20)13-14(19)12(18)7-10(5-6-17)15(13)21-4/h7,11H,5-6,8-9H2,1-4H3. The van der Waals surface area contributed by atoms with Gasteiger partial charge in [0.2, 0.25) is 0 Å². The molecule has 2 nitrogen and oxygen atoms in total.